The van der Waals surface area contributed by atoms with Crippen LogP contribution >= 0.6 is 11.8 Å². The molecule has 2 fully saturated rings. The van der Waals surface area contributed by atoms with E-state index in [-0.39, 0.29) is 5.91 Å². The quantitative estimate of drug-likeness (QED) is 0.405. The van der Waals surface area contributed by atoms with Crippen LogP contribution in [0.4, 0.5) is 0 Å². The number of thioether (sulfide) groups is 1. The molecule has 0 aromatic heterocycles. The molecule has 2 aliphatic rings. The van der Waals surface area contributed by atoms with E-state index in [2.05, 4.69) is 69.8 Å². The molecular weight excluding hydrogens is 404 g/mol. The van der Waals surface area contributed by atoms with Gasteiger partial charge in [-0.15, -0.1) is 11.8 Å². The fourth-order valence-corrected chi connectivity index (χ4v) is 5.38. The van der Waals surface area contributed by atoms with Gasteiger partial charge in [-0.25, -0.2) is 0 Å². The van der Waals surface area contributed by atoms with Crippen LogP contribution < -0.4 is 5.32 Å². The number of guanidine groups is 1. The van der Waals surface area contributed by atoms with E-state index in [0.29, 0.717) is 18.9 Å². The second kappa shape index (κ2) is 10.7. The molecule has 0 spiro atoms. The van der Waals surface area contributed by atoms with E-state index in [1.54, 1.807) is 0 Å². The molecule has 2 heterocycles. The number of likely N-dealkylation sites (tertiary alicyclic amines) is 2. The largest absolute Gasteiger partial charge is 0.352 e. The third kappa shape index (κ3) is 6.03. The molecule has 1 amide bonds. The lowest BCUT2D eigenvalue weighted by Crippen LogP contribution is -2.39. The molecule has 164 valence electrons. The number of nitrogens with zero attached hydrogens (tertiary/aromatic N) is 3. The molecule has 2 saturated heterocycles. The Morgan fingerprint density at radius 2 is 1.97 bits per heavy atom. The summed E-state index contributed by atoms with van der Waals surface area (Å²) in [7, 11) is 1.86. The number of rotatable bonds is 7. The Kier molecular flexibility index (Phi) is 7.52. The van der Waals surface area contributed by atoms with E-state index in [4.69, 9.17) is 0 Å². The highest BCUT2D eigenvalue weighted by Crippen LogP contribution is 2.26. The van der Waals surface area contributed by atoms with Crippen molar-refractivity contribution >= 4 is 23.6 Å². The maximum Gasteiger partial charge on any atom is 0.222 e. The zero-order valence-electron chi connectivity index (χ0n) is 18.3. The van der Waals surface area contributed by atoms with Crippen LogP contribution in [0.2, 0.25) is 0 Å². The predicted molar refractivity (Wildman–Crippen MR) is 128 cm³/mol. The van der Waals surface area contributed by atoms with Gasteiger partial charge >= 0.3 is 0 Å². The van der Waals surface area contributed by atoms with Gasteiger partial charge in [0.15, 0.2) is 5.96 Å². The number of nitrogens with one attached hydrogen (secondary N) is 1. The van der Waals surface area contributed by atoms with Crippen molar-refractivity contribution in [2.24, 2.45) is 10.9 Å². The Bertz CT molecular complexity index is 901. The standard InChI is InChI=1S/C25H32N4OS/c1-26-25(29-14-12-22(18-29)19-31-23-9-3-2-4-10-23)27-16-20-7-5-8-21(15-20)17-28-13-6-11-24(28)30/h2-5,7-10,15,22H,6,11-14,16-19H2,1H3,(H,26,27). The first-order chi connectivity index (χ1) is 15.2. The van der Waals surface area contributed by atoms with E-state index in [1.807, 2.05) is 23.7 Å². The van der Waals surface area contributed by atoms with Gasteiger partial charge in [-0.3, -0.25) is 9.79 Å². The van der Waals surface area contributed by atoms with Crippen molar-refractivity contribution in [1.82, 2.24) is 15.1 Å². The number of carbonyl (C=O) groups excluding carboxylic acids is 1. The van der Waals surface area contributed by atoms with Crippen molar-refractivity contribution in [2.45, 2.75) is 37.2 Å². The van der Waals surface area contributed by atoms with Gasteiger partial charge in [-0.05, 0) is 42.0 Å². The van der Waals surface area contributed by atoms with Crippen LogP contribution in [0.1, 0.15) is 30.4 Å². The SMILES string of the molecule is CN=C(NCc1cccc(CN2CCCC2=O)c1)N1CCC(CSc2ccccc2)C1. The average molecular weight is 437 g/mol. The highest BCUT2D eigenvalue weighted by molar-refractivity contribution is 7.99. The first-order valence-corrected chi connectivity index (χ1v) is 12.2. The summed E-state index contributed by atoms with van der Waals surface area (Å²) in [5.41, 5.74) is 2.42. The maximum atomic E-state index is 11.9. The normalized spacial score (nSPS) is 19.3. The van der Waals surface area contributed by atoms with Crippen LogP contribution in [0, 0.1) is 5.92 Å². The van der Waals surface area contributed by atoms with Gasteiger partial charge in [0.25, 0.3) is 0 Å². The fraction of sp³-hybridized carbons (Fsp3) is 0.440. The van der Waals surface area contributed by atoms with Crippen molar-refractivity contribution in [3.63, 3.8) is 0 Å². The molecule has 1 unspecified atom stereocenters. The second-order valence-corrected chi connectivity index (χ2v) is 9.46. The van der Waals surface area contributed by atoms with Crippen LogP contribution in [0.15, 0.2) is 64.5 Å². The van der Waals surface area contributed by atoms with E-state index < -0.39 is 0 Å². The molecule has 0 aliphatic carbocycles. The molecule has 1 N–H and O–H groups in total. The van der Waals surface area contributed by atoms with Crippen molar-refractivity contribution < 1.29 is 4.79 Å². The molecule has 2 aliphatic heterocycles. The topological polar surface area (TPSA) is 47.9 Å². The molecule has 1 atom stereocenters. The molecule has 0 bridgehead atoms. The van der Waals surface area contributed by atoms with Gasteiger partial charge in [-0.1, -0.05) is 42.5 Å². The zero-order chi connectivity index (χ0) is 21.5. The summed E-state index contributed by atoms with van der Waals surface area (Å²) >= 11 is 1.95. The van der Waals surface area contributed by atoms with Crippen LogP contribution in [0.5, 0.6) is 0 Å². The predicted octanol–water partition coefficient (Wildman–Crippen LogP) is 4.00. The highest BCUT2D eigenvalue weighted by Gasteiger charge is 2.25. The van der Waals surface area contributed by atoms with Crippen molar-refractivity contribution in [1.29, 1.82) is 0 Å². The van der Waals surface area contributed by atoms with Crippen molar-refractivity contribution in [3.8, 4) is 0 Å². The van der Waals surface area contributed by atoms with Gasteiger partial charge in [0.05, 0.1) is 0 Å². The van der Waals surface area contributed by atoms with Crippen LogP contribution in [0.25, 0.3) is 0 Å². The molecule has 31 heavy (non-hydrogen) atoms. The maximum absolute atomic E-state index is 11.9. The third-order valence-corrected chi connectivity index (χ3v) is 7.26. The lowest BCUT2D eigenvalue weighted by Gasteiger charge is -2.22. The molecule has 2 aromatic carbocycles. The number of aliphatic imine (C=N–C) groups is 1. The Hall–Kier alpha value is -2.47. The smallest absolute Gasteiger partial charge is 0.222 e. The van der Waals surface area contributed by atoms with Crippen molar-refractivity contribution in [3.05, 3.63) is 65.7 Å². The highest BCUT2D eigenvalue weighted by atomic mass is 32.2. The number of hydrogen-bond donors (Lipinski definition) is 1. The van der Waals surface area contributed by atoms with E-state index in [0.717, 1.165) is 44.3 Å². The summed E-state index contributed by atoms with van der Waals surface area (Å²) in [5.74, 6) is 3.09. The van der Waals surface area contributed by atoms with Gasteiger partial charge in [-0.2, -0.15) is 0 Å². The molecule has 2 aromatic rings. The van der Waals surface area contributed by atoms with Crippen LogP contribution in [-0.2, 0) is 17.9 Å². The van der Waals surface area contributed by atoms with Crippen LogP contribution in [-0.4, -0.2) is 54.1 Å². The molecule has 0 saturated carbocycles. The molecular formula is C25H32N4OS. The Morgan fingerprint density at radius 1 is 1.13 bits per heavy atom. The van der Waals surface area contributed by atoms with E-state index in [9.17, 15) is 4.79 Å². The van der Waals surface area contributed by atoms with Gasteiger partial charge in [0.2, 0.25) is 5.91 Å². The number of carbonyl (C=O) groups is 1. The molecule has 0 radical (unpaired) electrons. The lowest BCUT2D eigenvalue weighted by molar-refractivity contribution is -0.128. The fourth-order valence-electron chi connectivity index (χ4n) is 4.33. The summed E-state index contributed by atoms with van der Waals surface area (Å²) in [5, 5.41) is 3.54. The molecule has 6 heteroatoms. The number of hydrogen-bond acceptors (Lipinski definition) is 3. The first kappa shape index (κ1) is 21.8. The Morgan fingerprint density at radius 3 is 2.74 bits per heavy atom. The summed E-state index contributed by atoms with van der Waals surface area (Å²) in [6, 6.07) is 19.2. The zero-order valence-corrected chi connectivity index (χ0v) is 19.1. The minimum Gasteiger partial charge on any atom is -0.352 e. The number of amides is 1. The minimum absolute atomic E-state index is 0.276. The third-order valence-electron chi connectivity index (χ3n) is 6.01. The second-order valence-electron chi connectivity index (χ2n) is 8.36. The van der Waals surface area contributed by atoms with E-state index >= 15 is 0 Å². The van der Waals surface area contributed by atoms with Gasteiger partial charge < -0.3 is 15.1 Å². The number of benzene rings is 2. The lowest BCUT2D eigenvalue weighted by atomic mass is 10.1. The summed E-state index contributed by atoms with van der Waals surface area (Å²) in [6.45, 7) is 4.45. The molecule has 4 rings (SSSR count). The summed E-state index contributed by atoms with van der Waals surface area (Å²) < 4.78 is 0. The first-order valence-electron chi connectivity index (χ1n) is 11.2. The summed E-state index contributed by atoms with van der Waals surface area (Å²) in [6.07, 6.45) is 2.88. The van der Waals surface area contributed by atoms with Crippen LogP contribution in [0.3, 0.4) is 0 Å². The molecule has 5 nitrogen and oxygen atoms in total. The Labute approximate surface area is 189 Å². The Balaban J connectivity index is 1.26. The van der Waals surface area contributed by atoms with Gasteiger partial charge in [0, 0.05) is 56.8 Å². The minimum atomic E-state index is 0.276. The summed E-state index contributed by atoms with van der Waals surface area (Å²) in [4.78, 5) is 22.1. The van der Waals surface area contributed by atoms with E-state index in [1.165, 1.54) is 22.4 Å². The van der Waals surface area contributed by atoms with Gasteiger partial charge in [0.1, 0.15) is 0 Å². The van der Waals surface area contributed by atoms with Crippen molar-refractivity contribution in [2.75, 3.05) is 32.4 Å². The average Bonchev–Trinajstić information content (AvgIpc) is 3.43. The monoisotopic (exact) mass is 436 g/mol.